The summed E-state index contributed by atoms with van der Waals surface area (Å²) in [6, 6.07) is 15.6. The Hall–Kier alpha value is -3.02. The molecule has 6 heteroatoms. The molecule has 0 radical (unpaired) electrons. The molecule has 0 bridgehead atoms. The first-order valence-corrected chi connectivity index (χ1v) is 10.8. The monoisotopic (exact) mass is 409 g/mol. The number of hydrogen-bond acceptors (Lipinski definition) is 4. The molecule has 1 aliphatic heterocycles. The predicted octanol–water partition coefficient (Wildman–Crippen LogP) is 3.76. The first-order valence-electron chi connectivity index (χ1n) is 10.8. The van der Waals surface area contributed by atoms with Gasteiger partial charge in [-0.15, -0.1) is 0 Å². The van der Waals surface area contributed by atoms with E-state index in [0.29, 0.717) is 18.8 Å². The van der Waals surface area contributed by atoms with Gasteiger partial charge >= 0.3 is 11.8 Å². The molecular formula is C24H31N3O3. The third-order valence-electron chi connectivity index (χ3n) is 5.21. The number of piperidine rings is 1. The number of aryl methyl sites for hydroxylation is 1. The van der Waals surface area contributed by atoms with Gasteiger partial charge < -0.3 is 20.3 Å². The van der Waals surface area contributed by atoms with Gasteiger partial charge in [-0.2, -0.15) is 0 Å². The fraction of sp³-hybridized carbons (Fsp3) is 0.417. The maximum absolute atomic E-state index is 12.0. The van der Waals surface area contributed by atoms with Crippen LogP contribution in [-0.2, 0) is 16.0 Å². The van der Waals surface area contributed by atoms with Gasteiger partial charge in [-0.3, -0.25) is 9.59 Å². The minimum atomic E-state index is -0.662. The van der Waals surface area contributed by atoms with Crippen molar-refractivity contribution >= 4 is 23.2 Å². The third kappa shape index (κ3) is 6.51. The van der Waals surface area contributed by atoms with E-state index in [1.807, 2.05) is 6.92 Å². The third-order valence-corrected chi connectivity index (χ3v) is 5.21. The van der Waals surface area contributed by atoms with Crippen LogP contribution in [0.15, 0.2) is 48.5 Å². The molecule has 0 saturated carbocycles. The Morgan fingerprint density at radius 2 is 1.63 bits per heavy atom. The molecule has 2 amide bonds. The zero-order valence-electron chi connectivity index (χ0n) is 17.7. The maximum Gasteiger partial charge on any atom is 0.313 e. The number of nitrogens with zero attached hydrogens (tertiary/aromatic N) is 1. The second kappa shape index (κ2) is 11.2. The standard InChI is InChI=1S/C24H31N3O3/c1-2-30-22-14-10-20(11-15-22)26-24(29)23(28)25-16-6-7-19-8-12-21(13-9-19)27-17-4-3-5-18-27/h8-15H,2-7,16-18H2,1H3,(H,25,28)(H,26,29). The summed E-state index contributed by atoms with van der Waals surface area (Å²) < 4.78 is 5.36. The van der Waals surface area contributed by atoms with Crippen molar-refractivity contribution in [2.24, 2.45) is 0 Å². The van der Waals surface area contributed by atoms with E-state index in [1.54, 1.807) is 24.3 Å². The molecule has 6 nitrogen and oxygen atoms in total. The van der Waals surface area contributed by atoms with Crippen molar-refractivity contribution in [2.75, 3.05) is 36.5 Å². The molecule has 1 heterocycles. The number of anilines is 2. The quantitative estimate of drug-likeness (QED) is 0.514. The molecule has 1 fully saturated rings. The van der Waals surface area contributed by atoms with Crippen molar-refractivity contribution in [2.45, 2.75) is 39.0 Å². The Morgan fingerprint density at radius 1 is 0.933 bits per heavy atom. The number of amides is 2. The average molecular weight is 410 g/mol. The van der Waals surface area contributed by atoms with Crippen LogP contribution in [0.4, 0.5) is 11.4 Å². The number of nitrogens with one attached hydrogen (secondary N) is 2. The minimum Gasteiger partial charge on any atom is -0.494 e. The van der Waals surface area contributed by atoms with E-state index < -0.39 is 11.8 Å². The summed E-state index contributed by atoms with van der Waals surface area (Å²) in [7, 11) is 0. The zero-order valence-corrected chi connectivity index (χ0v) is 17.7. The Balaban J connectivity index is 1.36. The lowest BCUT2D eigenvalue weighted by Crippen LogP contribution is -2.36. The summed E-state index contributed by atoms with van der Waals surface area (Å²) in [5.41, 5.74) is 3.09. The molecule has 1 aliphatic rings. The van der Waals surface area contributed by atoms with Crippen LogP contribution in [0, 0.1) is 0 Å². The molecule has 0 aromatic heterocycles. The number of benzene rings is 2. The van der Waals surface area contributed by atoms with E-state index in [1.165, 1.54) is 30.5 Å². The molecule has 3 rings (SSSR count). The van der Waals surface area contributed by atoms with Gasteiger partial charge in [0.25, 0.3) is 0 Å². The molecule has 0 aliphatic carbocycles. The van der Waals surface area contributed by atoms with Gasteiger partial charge in [0.2, 0.25) is 0 Å². The molecule has 160 valence electrons. The number of ether oxygens (including phenoxy) is 1. The molecule has 2 aromatic rings. The Labute approximate surface area is 178 Å². The largest absolute Gasteiger partial charge is 0.494 e. The second-order valence-electron chi connectivity index (χ2n) is 7.49. The highest BCUT2D eigenvalue weighted by molar-refractivity contribution is 6.39. The average Bonchev–Trinajstić information content (AvgIpc) is 2.79. The van der Waals surface area contributed by atoms with Gasteiger partial charge in [0.05, 0.1) is 6.61 Å². The Kier molecular flexibility index (Phi) is 8.12. The van der Waals surface area contributed by atoms with Crippen LogP contribution in [0.1, 0.15) is 38.2 Å². The van der Waals surface area contributed by atoms with Crippen LogP contribution in [-0.4, -0.2) is 38.1 Å². The molecule has 2 aromatic carbocycles. The summed E-state index contributed by atoms with van der Waals surface area (Å²) in [4.78, 5) is 26.5. The lowest BCUT2D eigenvalue weighted by atomic mass is 10.1. The number of rotatable bonds is 8. The van der Waals surface area contributed by atoms with Crippen LogP contribution in [0.5, 0.6) is 5.75 Å². The molecule has 0 spiro atoms. The molecular weight excluding hydrogens is 378 g/mol. The summed E-state index contributed by atoms with van der Waals surface area (Å²) >= 11 is 0. The SMILES string of the molecule is CCOc1ccc(NC(=O)C(=O)NCCCc2ccc(N3CCCCC3)cc2)cc1. The summed E-state index contributed by atoms with van der Waals surface area (Å²) in [5.74, 6) is -0.557. The molecule has 2 N–H and O–H groups in total. The van der Waals surface area contributed by atoms with Gasteiger partial charge in [0.15, 0.2) is 0 Å². The van der Waals surface area contributed by atoms with E-state index in [9.17, 15) is 9.59 Å². The van der Waals surface area contributed by atoms with Crippen molar-refractivity contribution in [1.29, 1.82) is 0 Å². The van der Waals surface area contributed by atoms with E-state index in [2.05, 4.69) is 39.8 Å². The lowest BCUT2D eigenvalue weighted by molar-refractivity contribution is -0.136. The van der Waals surface area contributed by atoms with Crippen LogP contribution in [0.25, 0.3) is 0 Å². The predicted molar refractivity (Wildman–Crippen MR) is 120 cm³/mol. The zero-order chi connectivity index (χ0) is 21.2. The van der Waals surface area contributed by atoms with Gasteiger partial charge in [-0.25, -0.2) is 0 Å². The highest BCUT2D eigenvalue weighted by atomic mass is 16.5. The summed E-state index contributed by atoms with van der Waals surface area (Å²) in [5, 5.41) is 5.28. The fourth-order valence-corrected chi connectivity index (χ4v) is 3.59. The topological polar surface area (TPSA) is 70.7 Å². The number of carbonyl (C=O) groups is 2. The molecule has 0 unspecified atom stereocenters. The van der Waals surface area contributed by atoms with E-state index in [-0.39, 0.29) is 0 Å². The van der Waals surface area contributed by atoms with Crippen LogP contribution < -0.4 is 20.3 Å². The number of hydrogen-bond donors (Lipinski definition) is 2. The molecule has 1 saturated heterocycles. The van der Waals surface area contributed by atoms with Crippen molar-refractivity contribution in [1.82, 2.24) is 5.32 Å². The van der Waals surface area contributed by atoms with Crippen molar-refractivity contribution in [3.63, 3.8) is 0 Å². The van der Waals surface area contributed by atoms with E-state index in [0.717, 1.165) is 31.7 Å². The van der Waals surface area contributed by atoms with E-state index >= 15 is 0 Å². The smallest absolute Gasteiger partial charge is 0.313 e. The fourth-order valence-electron chi connectivity index (χ4n) is 3.59. The lowest BCUT2D eigenvalue weighted by Gasteiger charge is -2.28. The highest BCUT2D eigenvalue weighted by Crippen LogP contribution is 2.20. The van der Waals surface area contributed by atoms with Crippen LogP contribution in [0.2, 0.25) is 0 Å². The van der Waals surface area contributed by atoms with Crippen molar-refractivity contribution < 1.29 is 14.3 Å². The molecule has 0 atom stereocenters. The van der Waals surface area contributed by atoms with Crippen molar-refractivity contribution in [3.05, 3.63) is 54.1 Å². The van der Waals surface area contributed by atoms with Gasteiger partial charge in [0, 0.05) is 31.0 Å². The van der Waals surface area contributed by atoms with Gasteiger partial charge in [-0.05, 0) is 81.0 Å². The Bertz CT molecular complexity index is 813. The van der Waals surface area contributed by atoms with Crippen molar-refractivity contribution in [3.8, 4) is 5.75 Å². The minimum absolute atomic E-state index is 0.462. The maximum atomic E-state index is 12.0. The van der Waals surface area contributed by atoms with Crippen LogP contribution >= 0.6 is 0 Å². The summed E-state index contributed by atoms with van der Waals surface area (Å²) in [6.45, 7) is 5.24. The molecule has 30 heavy (non-hydrogen) atoms. The number of carbonyl (C=O) groups excluding carboxylic acids is 2. The van der Waals surface area contributed by atoms with Gasteiger partial charge in [-0.1, -0.05) is 12.1 Å². The van der Waals surface area contributed by atoms with Crippen LogP contribution in [0.3, 0.4) is 0 Å². The summed E-state index contributed by atoms with van der Waals surface area (Å²) in [6.07, 6.45) is 5.52. The Morgan fingerprint density at radius 3 is 2.30 bits per heavy atom. The second-order valence-corrected chi connectivity index (χ2v) is 7.49. The first kappa shape index (κ1) is 21.7. The normalized spacial score (nSPS) is 13.6. The highest BCUT2D eigenvalue weighted by Gasteiger charge is 2.13. The van der Waals surface area contributed by atoms with E-state index in [4.69, 9.17) is 4.74 Å². The van der Waals surface area contributed by atoms with Gasteiger partial charge in [0.1, 0.15) is 5.75 Å². The first-order chi connectivity index (χ1) is 14.7.